The third-order valence-electron chi connectivity index (χ3n) is 4.46. The molecule has 1 unspecified atom stereocenters. The van der Waals surface area contributed by atoms with Crippen LogP contribution in [-0.2, 0) is 13.5 Å². The molecule has 1 aromatic rings. The number of hydrogen-bond donors (Lipinski definition) is 1. The molecule has 0 aliphatic heterocycles. The maximum atomic E-state index is 4.44. The van der Waals surface area contributed by atoms with Gasteiger partial charge >= 0.3 is 0 Å². The molecule has 1 atom stereocenters. The summed E-state index contributed by atoms with van der Waals surface area (Å²) in [5.41, 5.74) is 0.157. The van der Waals surface area contributed by atoms with Gasteiger partial charge < -0.3 is 9.88 Å². The highest BCUT2D eigenvalue weighted by atomic mass is 15.2. The lowest BCUT2D eigenvalue weighted by molar-refractivity contribution is 0.0880. The van der Waals surface area contributed by atoms with Crippen LogP contribution in [0.4, 0.5) is 0 Å². The zero-order valence-electron chi connectivity index (χ0n) is 14.1. The van der Waals surface area contributed by atoms with Gasteiger partial charge in [0.05, 0.1) is 0 Å². The average molecular weight is 280 g/mol. The molecule has 0 aliphatic rings. The van der Waals surface area contributed by atoms with Gasteiger partial charge in [-0.05, 0) is 39.9 Å². The fourth-order valence-electron chi connectivity index (χ4n) is 3.12. The smallest absolute Gasteiger partial charge is 0.108 e. The van der Waals surface area contributed by atoms with Gasteiger partial charge in [0, 0.05) is 37.4 Å². The van der Waals surface area contributed by atoms with Crippen molar-refractivity contribution in [3.8, 4) is 0 Å². The van der Waals surface area contributed by atoms with E-state index in [1.165, 1.54) is 5.82 Å². The van der Waals surface area contributed by atoms with Crippen molar-refractivity contribution in [3.05, 3.63) is 18.2 Å². The lowest BCUT2D eigenvalue weighted by Gasteiger charge is -2.44. The summed E-state index contributed by atoms with van der Waals surface area (Å²) in [6, 6.07) is 0.476. The monoisotopic (exact) mass is 280 g/mol. The van der Waals surface area contributed by atoms with Crippen molar-refractivity contribution < 1.29 is 0 Å². The van der Waals surface area contributed by atoms with Crippen LogP contribution in [0.3, 0.4) is 0 Å². The van der Waals surface area contributed by atoms with Gasteiger partial charge in [0.15, 0.2) is 0 Å². The Bertz CT molecular complexity index is 380. The maximum absolute atomic E-state index is 4.44. The van der Waals surface area contributed by atoms with Crippen LogP contribution in [0.1, 0.15) is 46.9 Å². The van der Waals surface area contributed by atoms with E-state index in [2.05, 4.69) is 61.4 Å². The molecule has 0 spiro atoms. The summed E-state index contributed by atoms with van der Waals surface area (Å²) in [5, 5.41) is 3.68. The maximum Gasteiger partial charge on any atom is 0.108 e. The molecule has 1 N–H and O–H groups in total. The number of imidazole rings is 1. The highest BCUT2D eigenvalue weighted by Crippen LogP contribution is 2.22. The molecule has 0 aliphatic carbocycles. The Kier molecular flexibility index (Phi) is 6.69. The first-order valence-electron chi connectivity index (χ1n) is 7.91. The number of aromatic nitrogens is 2. The van der Waals surface area contributed by atoms with Crippen LogP contribution < -0.4 is 5.32 Å². The van der Waals surface area contributed by atoms with Gasteiger partial charge in [0.25, 0.3) is 0 Å². The average Bonchev–Trinajstić information content (AvgIpc) is 2.81. The first kappa shape index (κ1) is 17.2. The van der Waals surface area contributed by atoms with Gasteiger partial charge in [-0.3, -0.25) is 4.90 Å². The summed E-state index contributed by atoms with van der Waals surface area (Å²) >= 11 is 0. The van der Waals surface area contributed by atoms with Crippen LogP contribution in [-0.4, -0.2) is 45.7 Å². The van der Waals surface area contributed by atoms with Gasteiger partial charge in [0.1, 0.15) is 5.82 Å². The molecule has 0 aromatic carbocycles. The van der Waals surface area contributed by atoms with Crippen molar-refractivity contribution in [3.63, 3.8) is 0 Å². The molecule has 116 valence electrons. The van der Waals surface area contributed by atoms with Crippen molar-refractivity contribution in [2.24, 2.45) is 7.05 Å². The molecule has 4 nitrogen and oxygen atoms in total. The molecule has 1 heterocycles. The summed E-state index contributed by atoms with van der Waals surface area (Å²) in [6.07, 6.45) is 6.04. The van der Waals surface area contributed by atoms with E-state index in [1.807, 2.05) is 12.4 Å². The van der Waals surface area contributed by atoms with E-state index in [4.69, 9.17) is 0 Å². The Balaban J connectivity index is 2.74. The van der Waals surface area contributed by atoms with E-state index in [0.717, 1.165) is 32.5 Å². The van der Waals surface area contributed by atoms with Crippen molar-refractivity contribution in [2.45, 2.75) is 59.0 Å². The molecule has 0 bridgehead atoms. The zero-order valence-corrected chi connectivity index (χ0v) is 14.1. The minimum absolute atomic E-state index is 0.157. The Labute approximate surface area is 124 Å². The topological polar surface area (TPSA) is 33.1 Å². The number of likely N-dealkylation sites (N-methyl/N-ethyl adjacent to an activating group) is 2. The minimum atomic E-state index is 0.157. The standard InChI is InChI=1S/C16H32N4/c1-7-17-14(16(4,5)20(8-2)9-3)10-11-15-18-12-13-19(15)6/h12-14,17H,7-11H2,1-6H3. The third kappa shape index (κ3) is 4.06. The Hall–Kier alpha value is -0.870. The second kappa shape index (κ2) is 7.79. The molecule has 0 radical (unpaired) electrons. The Morgan fingerprint density at radius 2 is 1.95 bits per heavy atom. The van der Waals surface area contributed by atoms with Crippen molar-refractivity contribution in [2.75, 3.05) is 19.6 Å². The number of nitrogens with zero attached hydrogens (tertiary/aromatic N) is 3. The number of rotatable bonds is 9. The minimum Gasteiger partial charge on any atom is -0.338 e. The molecule has 0 fully saturated rings. The molecular formula is C16H32N4. The number of nitrogens with one attached hydrogen (secondary N) is 1. The summed E-state index contributed by atoms with van der Waals surface area (Å²) in [6.45, 7) is 14.6. The molecule has 1 aromatic heterocycles. The van der Waals surface area contributed by atoms with Crippen LogP contribution in [0.25, 0.3) is 0 Å². The van der Waals surface area contributed by atoms with E-state index in [-0.39, 0.29) is 5.54 Å². The molecule has 20 heavy (non-hydrogen) atoms. The quantitative estimate of drug-likeness (QED) is 0.754. The van der Waals surface area contributed by atoms with Crippen LogP contribution >= 0.6 is 0 Å². The van der Waals surface area contributed by atoms with Crippen LogP contribution in [0.5, 0.6) is 0 Å². The summed E-state index contributed by atoms with van der Waals surface area (Å²) in [4.78, 5) is 6.98. The van der Waals surface area contributed by atoms with Gasteiger partial charge in [-0.15, -0.1) is 0 Å². The third-order valence-corrected chi connectivity index (χ3v) is 4.46. The lowest BCUT2D eigenvalue weighted by Crippen LogP contribution is -2.57. The summed E-state index contributed by atoms with van der Waals surface area (Å²) in [7, 11) is 2.07. The van der Waals surface area contributed by atoms with E-state index in [0.29, 0.717) is 6.04 Å². The first-order valence-corrected chi connectivity index (χ1v) is 7.91. The van der Waals surface area contributed by atoms with Crippen molar-refractivity contribution in [1.29, 1.82) is 0 Å². The lowest BCUT2D eigenvalue weighted by atomic mass is 9.88. The second-order valence-electron chi connectivity index (χ2n) is 5.93. The van der Waals surface area contributed by atoms with E-state index >= 15 is 0 Å². The molecule has 0 saturated carbocycles. The molecule has 0 amide bonds. The first-order chi connectivity index (χ1) is 9.47. The highest BCUT2D eigenvalue weighted by Gasteiger charge is 2.33. The number of hydrogen-bond acceptors (Lipinski definition) is 3. The Morgan fingerprint density at radius 3 is 2.40 bits per heavy atom. The molecule has 0 saturated heterocycles. The fraction of sp³-hybridized carbons (Fsp3) is 0.812. The van der Waals surface area contributed by atoms with Crippen LogP contribution in [0.2, 0.25) is 0 Å². The molecular weight excluding hydrogens is 248 g/mol. The molecule has 1 rings (SSSR count). The van der Waals surface area contributed by atoms with Crippen LogP contribution in [0.15, 0.2) is 12.4 Å². The fourth-order valence-corrected chi connectivity index (χ4v) is 3.12. The summed E-state index contributed by atoms with van der Waals surface area (Å²) < 4.78 is 2.12. The van der Waals surface area contributed by atoms with Crippen molar-refractivity contribution >= 4 is 0 Å². The number of aryl methyl sites for hydroxylation is 2. The van der Waals surface area contributed by atoms with Gasteiger partial charge in [0.2, 0.25) is 0 Å². The summed E-state index contributed by atoms with van der Waals surface area (Å²) in [5.74, 6) is 1.17. The van der Waals surface area contributed by atoms with Crippen molar-refractivity contribution in [1.82, 2.24) is 19.8 Å². The highest BCUT2D eigenvalue weighted by molar-refractivity contribution is 4.97. The van der Waals surface area contributed by atoms with Gasteiger partial charge in [-0.1, -0.05) is 20.8 Å². The normalized spacial score (nSPS) is 13.9. The van der Waals surface area contributed by atoms with Gasteiger partial charge in [-0.25, -0.2) is 4.98 Å². The predicted octanol–water partition coefficient (Wildman–Crippen LogP) is 2.45. The zero-order chi connectivity index (χ0) is 15.2. The Morgan fingerprint density at radius 1 is 1.30 bits per heavy atom. The largest absolute Gasteiger partial charge is 0.338 e. The predicted molar refractivity (Wildman–Crippen MR) is 86.0 cm³/mol. The molecule has 4 heteroatoms. The SMILES string of the molecule is CCNC(CCc1nccn1C)C(C)(C)N(CC)CC. The van der Waals surface area contributed by atoms with Crippen LogP contribution in [0, 0.1) is 0 Å². The van der Waals surface area contributed by atoms with Gasteiger partial charge in [-0.2, -0.15) is 0 Å². The second-order valence-corrected chi connectivity index (χ2v) is 5.93. The van der Waals surface area contributed by atoms with E-state index in [9.17, 15) is 0 Å². The van der Waals surface area contributed by atoms with E-state index in [1.54, 1.807) is 0 Å². The van der Waals surface area contributed by atoms with E-state index < -0.39 is 0 Å².